The molecule has 0 N–H and O–H groups in total. The summed E-state index contributed by atoms with van der Waals surface area (Å²) >= 11 is 5.58. The highest BCUT2D eigenvalue weighted by Gasteiger charge is 2.23. The van der Waals surface area contributed by atoms with Gasteiger partial charge in [0.25, 0.3) is 0 Å². The molecule has 0 aliphatic heterocycles. The summed E-state index contributed by atoms with van der Waals surface area (Å²) in [6.45, 7) is 0. The second-order valence-electron chi connectivity index (χ2n) is 24.8. The van der Waals surface area contributed by atoms with Crippen LogP contribution < -0.4 is 0 Å². The summed E-state index contributed by atoms with van der Waals surface area (Å²) in [6.07, 6.45) is 0. The van der Waals surface area contributed by atoms with Gasteiger partial charge in [-0.25, -0.2) is 4.98 Å². The molecule has 0 aliphatic carbocycles. The lowest BCUT2D eigenvalue weighted by Gasteiger charge is -2.14. The van der Waals surface area contributed by atoms with E-state index in [0.29, 0.717) is 5.95 Å². The second-order valence-corrected chi connectivity index (χ2v) is 28.1. The van der Waals surface area contributed by atoms with Crippen molar-refractivity contribution >= 4 is 171 Å². The standard InChI is InChI=1S/C86H49N5S3/c1-7-19-73-60(13-1)69-43-52(55-28-35-66-63-16-4-10-22-79(63)92-82(66)46-55)31-38-76(69)89(73)59-34-27-50-41-58(26-25-51(50)42-59)72-49-85(90-74-20-8-2-14-61(74)70-44-53(32-39-77(70)90)56-29-36-67-64-17-5-11-23-80(64)93-83(67)47-56)88-86(87-72)91-75-21-9-3-15-62(75)71-45-54(33-40-78(71)91)57-30-37-68-65-18-6-12-24-81(65)94-84(68)48-57/h1-49H. The predicted octanol–water partition coefficient (Wildman–Crippen LogP) is 24.7. The predicted molar refractivity (Wildman–Crippen MR) is 403 cm³/mol. The maximum Gasteiger partial charge on any atom is 0.237 e. The van der Waals surface area contributed by atoms with E-state index in [0.717, 1.165) is 71.8 Å². The summed E-state index contributed by atoms with van der Waals surface area (Å²) in [5.41, 5.74) is 16.7. The SMILES string of the molecule is c1ccc2c(c1)sc1cc(-c3ccc4c(c3)c3ccccc3n4-c3ccc4cc(-c5cc(-n6c7ccccc7c7cc(-c8ccc9c(c8)sc8ccccc89)ccc76)nc(-n6c7ccccc7c7cc(-c8ccc9c(c8)sc8ccccc89)ccc76)n5)ccc4c3)ccc12. The van der Waals surface area contributed by atoms with E-state index >= 15 is 0 Å². The van der Waals surface area contributed by atoms with E-state index in [4.69, 9.17) is 9.97 Å². The normalized spacial score (nSPS) is 12.3. The lowest BCUT2D eigenvalue weighted by molar-refractivity contribution is 0.952. The lowest BCUT2D eigenvalue weighted by atomic mass is 10.0. The van der Waals surface area contributed by atoms with Gasteiger partial charge in [-0.2, -0.15) is 4.98 Å². The van der Waals surface area contributed by atoms with Crippen molar-refractivity contribution in [2.45, 2.75) is 0 Å². The van der Waals surface area contributed by atoms with Crippen molar-refractivity contribution in [2.75, 3.05) is 0 Å². The fourth-order valence-corrected chi connectivity index (χ4v) is 18.7. The van der Waals surface area contributed by atoms with Crippen LogP contribution in [0.3, 0.4) is 0 Å². The minimum absolute atomic E-state index is 0.600. The molecule has 0 radical (unpaired) electrons. The summed E-state index contributed by atoms with van der Waals surface area (Å²) < 4.78 is 14.9. The van der Waals surface area contributed by atoms with E-state index in [9.17, 15) is 0 Å². The molecular formula is C86H49N5S3. The summed E-state index contributed by atoms with van der Waals surface area (Å²) in [5.74, 6) is 1.39. The number of hydrogen-bond donors (Lipinski definition) is 0. The summed E-state index contributed by atoms with van der Waals surface area (Å²) in [6, 6.07) is 110. The van der Waals surface area contributed by atoms with Gasteiger partial charge in [0.05, 0.1) is 38.8 Å². The van der Waals surface area contributed by atoms with E-state index < -0.39 is 0 Å². The van der Waals surface area contributed by atoms with Crippen LogP contribution in [0.2, 0.25) is 0 Å². The Balaban J connectivity index is 0.719. The van der Waals surface area contributed by atoms with Gasteiger partial charge in [0, 0.05) is 110 Å². The average molecular weight is 1250 g/mol. The Morgan fingerprint density at radius 2 is 0.564 bits per heavy atom. The molecule has 0 unspecified atom stereocenters. The maximum absolute atomic E-state index is 5.73. The highest BCUT2D eigenvalue weighted by atomic mass is 32.1. The molecule has 0 saturated heterocycles. The Bertz CT molecular complexity index is 6580. The number of nitrogens with zero attached hydrogens (tertiary/aromatic N) is 5. The van der Waals surface area contributed by atoms with Crippen molar-refractivity contribution in [1.29, 1.82) is 0 Å². The smallest absolute Gasteiger partial charge is 0.237 e. The molecule has 0 amide bonds. The van der Waals surface area contributed by atoms with Crippen LogP contribution in [0.1, 0.15) is 0 Å². The minimum Gasteiger partial charge on any atom is -0.309 e. The molecule has 0 bridgehead atoms. The summed E-state index contributed by atoms with van der Waals surface area (Å²) in [4.78, 5) is 11.4. The first-order valence-electron chi connectivity index (χ1n) is 31.8. The van der Waals surface area contributed by atoms with Crippen LogP contribution >= 0.6 is 34.0 Å². The van der Waals surface area contributed by atoms with Crippen LogP contribution in [0.25, 0.3) is 199 Å². The molecule has 0 spiro atoms. The average Bonchev–Trinajstić information content (AvgIpc) is 1.57. The quantitative estimate of drug-likeness (QED) is 0.160. The molecule has 14 aromatic carbocycles. The number of aromatic nitrogens is 5. The fourth-order valence-electron chi connectivity index (χ4n) is 15.2. The van der Waals surface area contributed by atoms with Crippen LogP contribution in [0.4, 0.5) is 0 Å². The summed E-state index contributed by atoms with van der Waals surface area (Å²) in [7, 11) is 0. The van der Waals surface area contributed by atoms with Crippen LogP contribution in [-0.2, 0) is 0 Å². The first-order chi connectivity index (χ1) is 46.5. The molecule has 21 rings (SSSR count). The molecule has 0 aliphatic rings. The van der Waals surface area contributed by atoms with Gasteiger partial charge >= 0.3 is 0 Å². The highest BCUT2D eigenvalue weighted by Crippen LogP contribution is 2.44. The zero-order valence-electron chi connectivity index (χ0n) is 50.3. The number of para-hydroxylation sites is 3. The zero-order valence-corrected chi connectivity index (χ0v) is 52.7. The number of benzene rings is 14. The molecular weight excluding hydrogens is 1200 g/mol. The van der Waals surface area contributed by atoms with Gasteiger partial charge < -0.3 is 4.57 Å². The van der Waals surface area contributed by atoms with Crippen LogP contribution in [-0.4, -0.2) is 23.7 Å². The Kier molecular flexibility index (Phi) is 11.1. The van der Waals surface area contributed by atoms with Crippen molar-refractivity contribution in [3.63, 3.8) is 0 Å². The van der Waals surface area contributed by atoms with Gasteiger partial charge in [-0.3, -0.25) is 9.13 Å². The molecule has 0 saturated carbocycles. The highest BCUT2D eigenvalue weighted by molar-refractivity contribution is 7.26. The molecule has 0 fully saturated rings. The molecule has 7 aromatic heterocycles. The van der Waals surface area contributed by atoms with E-state index in [2.05, 4.69) is 311 Å². The van der Waals surface area contributed by atoms with Crippen molar-refractivity contribution in [1.82, 2.24) is 23.7 Å². The molecule has 5 nitrogen and oxygen atoms in total. The Labute approximate surface area is 549 Å². The fraction of sp³-hybridized carbons (Fsp3) is 0. The monoisotopic (exact) mass is 1250 g/mol. The van der Waals surface area contributed by atoms with E-state index in [1.165, 1.54) is 121 Å². The minimum atomic E-state index is 0.600. The first-order valence-corrected chi connectivity index (χ1v) is 34.3. The van der Waals surface area contributed by atoms with Crippen LogP contribution in [0.15, 0.2) is 297 Å². The molecule has 8 heteroatoms. The van der Waals surface area contributed by atoms with Gasteiger partial charge in [0.15, 0.2) is 0 Å². The number of thiophene rings is 3. The van der Waals surface area contributed by atoms with E-state index in [-0.39, 0.29) is 0 Å². The maximum atomic E-state index is 5.73. The van der Waals surface area contributed by atoms with Gasteiger partial charge in [-0.1, -0.05) is 182 Å². The van der Waals surface area contributed by atoms with E-state index in [1.807, 2.05) is 34.0 Å². The Hall–Kier alpha value is -11.5. The van der Waals surface area contributed by atoms with Crippen molar-refractivity contribution in [2.24, 2.45) is 0 Å². The third-order valence-electron chi connectivity index (χ3n) is 19.7. The third kappa shape index (κ3) is 7.85. The van der Waals surface area contributed by atoms with Crippen molar-refractivity contribution < 1.29 is 0 Å². The topological polar surface area (TPSA) is 40.6 Å². The van der Waals surface area contributed by atoms with Gasteiger partial charge in [-0.15, -0.1) is 34.0 Å². The number of hydrogen-bond acceptors (Lipinski definition) is 5. The number of rotatable bonds is 7. The van der Waals surface area contributed by atoms with Crippen molar-refractivity contribution in [3.05, 3.63) is 297 Å². The number of fused-ring (bicyclic) bond motifs is 19. The molecule has 0 atom stereocenters. The molecule has 7 heterocycles. The van der Waals surface area contributed by atoms with Gasteiger partial charge in [0.1, 0.15) is 5.82 Å². The van der Waals surface area contributed by atoms with Gasteiger partial charge in [0.2, 0.25) is 5.95 Å². The van der Waals surface area contributed by atoms with Crippen molar-refractivity contribution in [3.8, 4) is 62.1 Å². The zero-order chi connectivity index (χ0) is 61.3. The molecule has 436 valence electrons. The molecule has 21 aromatic rings. The van der Waals surface area contributed by atoms with Crippen LogP contribution in [0.5, 0.6) is 0 Å². The summed E-state index contributed by atoms with van der Waals surface area (Å²) in [5, 5.41) is 17.2. The van der Waals surface area contributed by atoms with E-state index in [1.54, 1.807) is 0 Å². The third-order valence-corrected chi connectivity index (χ3v) is 23.1. The Morgan fingerprint density at radius 1 is 0.213 bits per heavy atom. The molecule has 94 heavy (non-hydrogen) atoms. The first kappa shape index (κ1) is 52.1. The van der Waals surface area contributed by atoms with Crippen LogP contribution in [0, 0.1) is 0 Å². The van der Waals surface area contributed by atoms with Gasteiger partial charge in [-0.05, 0) is 153 Å². The Morgan fingerprint density at radius 3 is 1.06 bits per heavy atom. The lowest BCUT2D eigenvalue weighted by Crippen LogP contribution is -2.07. The second kappa shape index (κ2) is 20.0. The largest absolute Gasteiger partial charge is 0.309 e.